The van der Waals surface area contributed by atoms with Crippen molar-refractivity contribution in [2.75, 3.05) is 0 Å². The van der Waals surface area contributed by atoms with E-state index in [1.807, 2.05) is 36.4 Å². The molecule has 0 bridgehead atoms. The molecule has 1 aromatic carbocycles. The Morgan fingerprint density at radius 1 is 1.17 bits per heavy atom. The van der Waals surface area contributed by atoms with Crippen molar-refractivity contribution in [3.8, 4) is 0 Å². The lowest BCUT2D eigenvalue weighted by molar-refractivity contribution is 0.0988. The van der Waals surface area contributed by atoms with Crippen molar-refractivity contribution < 1.29 is 4.79 Å². The fraction of sp³-hybridized carbons (Fsp3) is 0.0769. The maximum atomic E-state index is 11.9. The molecule has 0 aliphatic rings. The average molecular weight is 255 g/mol. The van der Waals surface area contributed by atoms with Crippen LogP contribution >= 0.6 is 11.7 Å². The van der Waals surface area contributed by atoms with Crippen molar-refractivity contribution in [3.05, 3.63) is 54.0 Å². The van der Waals surface area contributed by atoms with Gasteiger partial charge in [-0.05, 0) is 12.1 Å². The van der Waals surface area contributed by atoms with Gasteiger partial charge in [0.25, 0.3) is 0 Å². The SMILES string of the molecule is O=C(Cc1ccc2ccccc2n1)c1cnsn1. The number of hydrogen-bond donors (Lipinski definition) is 0. The first kappa shape index (κ1) is 11.0. The normalized spacial score (nSPS) is 10.7. The van der Waals surface area contributed by atoms with E-state index in [9.17, 15) is 4.79 Å². The molecular formula is C13H9N3OS. The Morgan fingerprint density at radius 2 is 2.06 bits per heavy atom. The number of pyridine rings is 1. The van der Waals surface area contributed by atoms with Crippen LogP contribution in [0.1, 0.15) is 16.2 Å². The molecule has 0 radical (unpaired) electrons. The Morgan fingerprint density at radius 3 is 2.89 bits per heavy atom. The monoisotopic (exact) mass is 255 g/mol. The van der Waals surface area contributed by atoms with E-state index >= 15 is 0 Å². The van der Waals surface area contributed by atoms with Crippen LogP contribution in [-0.4, -0.2) is 19.5 Å². The second kappa shape index (κ2) is 4.62. The highest BCUT2D eigenvalue weighted by molar-refractivity contribution is 6.99. The van der Waals surface area contributed by atoms with Gasteiger partial charge in [0, 0.05) is 11.1 Å². The van der Waals surface area contributed by atoms with Crippen LogP contribution in [0, 0.1) is 0 Å². The summed E-state index contributed by atoms with van der Waals surface area (Å²) >= 11 is 1.04. The van der Waals surface area contributed by atoms with E-state index in [1.165, 1.54) is 6.20 Å². The van der Waals surface area contributed by atoms with Gasteiger partial charge in [0.1, 0.15) is 5.69 Å². The minimum atomic E-state index is -0.0495. The van der Waals surface area contributed by atoms with Crippen LogP contribution in [-0.2, 0) is 6.42 Å². The van der Waals surface area contributed by atoms with Crippen LogP contribution in [0.25, 0.3) is 10.9 Å². The second-order valence-electron chi connectivity index (χ2n) is 3.89. The number of benzene rings is 1. The van der Waals surface area contributed by atoms with Gasteiger partial charge in [-0.3, -0.25) is 9.78 Å². The van der Waals surface area contributed by atoms with Crippen molar-refractivity contribution in [3.63, 3.8) is 0 Å². The van der Waals surface area contributed by atoms with E-state index in [0.29, 0.717) is 5.69 Å². The van der Waals surface area contributed by atoms with Crippen molar-refractivity contribution >= 4 is 28.4 Å². The fourth-order valence-electron chi connectivity index (χ4n) is 1.75. The Bertz CT molecular complexity index is 694. The molecule has 88 valence electrons. The van der Waals surface area contributed by atoms with Crippen LogP contribution in [0.4, 0.5) is 0 Å². The maximum absolute atomic E-state index is 11.9. The third-order valence-electron chi connectivity index (χ3n) is 2.64. The van der Waals surface area contributed by atoms with Gasteiger partial charge in [-0.1, -0.05) is 24.3 Å². The number of fused-ring (bicyclic) bond motifs is 1. The standard InChI is InChI=1S/C13H9N3OS/c17-13(12-8-14-18-16-12)7-10-6-5-9-3-1-2-4-11(9)15-10/h1-6,8H,7H2. The zero-order valence-electron chi connectivity index (χ0n) is 9.41. The largest absolute Gasteiger partial charge is 0.292 e. The smallest absolute Gasteiger partial charge is 0.189 e. The lowest BCUT2D eigenvalue weighted by Crippen LogP contribution is -2.05. The van der Waals surface area contributed by atoms with Crippen LogP contribution < -0.4 is 0 Å². The second-order valence-corrected chi connectivity index (χ2v) is 4.44. The summed E-state index contributed by atoms with van der Waals surface area (Å²) in [6.07, 6.45) is 1.75. The molecule has 18 heavy (non-hydrogen) atoms. The number of carbonyl (C=O) groups is 1. The molecule has 0 aliphatic carbocycles. The Balaban J connectivity index is 1.89. The first-order chi connectivity index (χ1) is 8.83. The van der Waals surface area contributed by atoms with Gasteiger partial charge in [0.2, 0.25) is 0 Å². The molecule has 3 rings (SSSR count). The molecule has 0 N–H and O–H groups in total. The van der Waals surface area contributed by atoms with E-state index in [1.54, 1.807) is 0 Å². The molecule has 0 spiro atoms. The number of aromatic nitrogens is 3. The van der Waals surface area contributed by atoms with Crippen molar-refractivity contribution in [1.82, 2.24) is 13.7 Å². The number of Topliss-reactive ketones (excluding diaryl/α,β-unsaturated/α-hetero) is 1. The molecule has 3 aromatic rings. The molecule has 2 heterocycles. The lowest BCUT2D eigenvalue weighted by atomic mass is 10.1. The summed E-state index contributed by atoms with van der Waals surface area (Å²) in [4.78, 5) is 16.3. The van der Waals surface area contributed by atoms with E-state index < -0.39 is 0 Å². The molecule has 0 atom stereocenters. The van der Waals surface area contributed by atoms with E-state index in [-0.39, 0.29) is 12.2 Å². The molecule has 0 amide bonds. The number of para-hydroxylation sites is 1. The average Bonchev–Trinajstić information content (AvgIpc) is 2.92. The van der Waals surface area contributed by atoms with Crippen molar-refractivity contribution in [2.24, 2.45) is 0 Å². The fourth-order valence-corrected chi connectivity index (χ4v) is 2.18. The Labute approximate surface area is 108 Å². The predicted octanol–water partition coefficient (Wildman–Crippen LogP) is 2.51. The molecule has 0 saturated heterocycles. The molecule has 5 heteroatoms. The zero-order valence-corrected chi connectivity index (χ0v) is 10.2. The van der Waals surface area contributed by atoms with Gasteiger partial charge in [0.15, 0.2) is 5.78 Å². The molecule has 0 fully saturated rings. The predicted molar refractivity (Wildman–Crippen MR) is 69.7 cm³/mol. The van der Waals surface area contributed by atoms with E-state index in [4.69, 9.17) is 0 Å². The zero-order chi connectivity index (χ0) is 12.4. The topological polar surface area (TPSA) is 55.7 Å². The Hall–Kier alpha value is -2.14. The highest BCUT2D eigenvalue weighted by atomic mass is 32.1. The van der Waals surface area contributed by atoms with Crippen LogP contribution in [0.15, 0.2) is 42.6 Å². The van der Waals surface area contributed by atoms with Crippen molar-refractivity contribution in [2.45, 2.75) is 6.42 Å². The van der Waals surface area contributed by atoms with Crippen molar-refractivity contribution in [1.29, 1.82) is 0 Å². The summed E-state index contributed by atoms with van der Waals surface area (Å²) in [7, 11) is 0. The lowest BCUT2D eigenvalue weighted by Gasteiger charge is -2.01. The summed E-state index contributed by atoms with van der Waals surface area (Å²) in [6.45, 7) is 0. The van der Waals surface area contributed by atoms with Gasteiger partial charge < -0.3 is 0 Å². The molecule has 0 saturated carbocycles. The Kier molecular flexibility index (Phi) is 2.82. The summed E-state index contributed by atoms with van der Waals surface area (Å²) < 4.78 is 7.75. The molecular weight excluding hydrogens is 246 g/mol. The first-order valence-electron chi connectivity index (χ1n) is 5.48. The van der Waals surface area contributed by atoms with Crippen LogP contribution in [0.3, 0.4) is 0 Å². The van der Waals surface area contributed by atoms with Crippen LogP contribution in [0.2, 0.25) is 0 Å². The first-order valence-corrected chi connectivity index (χ1v) is 6.21. The van der Waals surface area contributed by atoms with Gasteiger partial charge in [0.05, 0.1) is 29.9 Å². The summed E-state index contributed by atoms with van der Waals surface area (Å²) in [5.41, 5.74) is 2.07. The van der Waals surface area contributed by atoms with Gasteiger partial charge in [-0.25, -0.2) is 0 Å². The summed E-state index contributed by atoms with van der Waals surface area (Å²) in [5, 5.41) is 1.07. The van der Waals surface area contributed by atoms with Crippen LogP contribution in [0.5, 0.6) is 0 Å². The number of rotatable bonds is 3. The number of carbonyl (C=O) groups excluding carboxylic acids is 1. The maximum Gasteiger partial charge on any atom is 0.189 e. The number of nitrogens with zero attached hydrogens (tertiary/aromatic N) is 3. The minimum Gasteiger partial charge on any atom is -0.292 e. The summed E-state index contributed by atoms with van der Waals surface area (Å²) in [5.74, 6) is -0.0495. The highest BCUT2D eigenvalue weighted by Crippen LogP contribution is 2.13. The molecule has 0 unspecified atom stereocenters. The number of hydrogen-bond acceptors (Lipinski definition) is 5. The third-order valence-corrected chi connectivity index (χ3v) is 3.12. The molecule has 4 nitrogen and oxygen atoms in total. The molecule has 2 aromatic heterocycles. The van der Waals surface area contributed by atoms with E-state index in [2.05, 4.69) is 13.7 Å². The third kappa shape index (κ3) is 2.12. The number of ketones is 1. The van der Waals surface area contributed by atoms with Gasteiger partial charge in [-0.15, -0.1) is 0 Å². The summed E-state index contributed by atoms with van der Waals surface area (Å²) in [6, 6.07) is 11.7. The quantitative estimate of drug-likeness (QED) is 0.675. The highest BCUT2D eigenvalue weighted by Gasteiger charge is 2.10. The molecule has 0 aliphatic heterocycles. The minimum absolute atomic E-state index is 0.0495. The van der Waals surface area contributed by atoms with Gasteiger partial charge in [-0.2, -0.15) is 8.75 Å². The van der Waals surface area contributed by atoms with Gasteiger partial charge >= 0.3 is 0 Å². The van der Waals surface area contributed by atoms with E-state index in [0.717, 1.165) is 28.3 Å².